The molecule has 7 nitrogen and oxygen atoms in total. The van der Waals surface area contributed by atoms with E-state index < -0.39 is 5.63 Å². The zero-order valence-electron chi connectivity index (χ0n) is 16.1. The number of phenols is 1. The van der Waals surface area contributed by atoms with Crippen molar-refractivity contribution < 1.29 is 19.1 Å². The van der Waals surface area contributed by atoms with Crippen LogP contribution in [0.1, 0.15) is 5.56 Å². The van der Waals surface area contributed by atoms with Crippen molar-refractivity contribution in [1.82, 2.24) is 4.90 Å². The molecule has 150 valence electrons. The molecule has 3 aromatic rings. The molecule has 1 aromatic heterocycles. The number of fused-ring (bicyclic) bond motifs is 1. The molecule has 1 aliphatic rings. The predicted molar refractivity (Wildman–Crippen MR) is 110 cm³/mol. The molecule has 0 unspecified atom stereocenters. The average molecular weight is 394 g/mol. The highest BCUT2D eigenvalue weighted by Crippen LogP contribution is 2.23. The van der Waals surface area contributed by atoms with Crippen molar-refractivity contribution in [3.8, 4) is 11.5 Å². The maximum absolute atomic E-state index is 12.5. The highest BCUT2D eigenvalue weighted by atomic mass is 16.5. The second kappa shape index (κ2) is 7.87. The van der Waals surface area contributed by atoms with Gasteiger partial charge in [-0.2, -0.15) is 0 Å². The number of amides is 1. The number of aromatic hydroxyl groups is 1. The van der Waals surface area contributed by atoms with Crippen LogP contribution in [0.2, 0.25) is 0 Å². The van der Waals surface area contributed by atoms with Gasteiger partial charge in [-0.15, -0.1) is 0 Å². The number of nitrogens with zero attached hydrogens (tertiary/aromatic N) is 2. The molecule has 7 heteroatoms. The molecule has 1 amide bonds. The fraction of sp³-hybridized carbons (Fsp3) is 0.273. The third-order valence-corrected chi connectivity index (χ3v) is 5.13. The van der Waals surface area contributed by atoms with Crippen LogP contribution in [0.25, 0.3) is 11.0 Å². The summed E-state index contributed by atoms with van der Waals surface area (Å²) in [6, 6.07) is 13.7. The van der Waals surface area contributed by atoms with Crippen molar-refractivity contribution in [1.29, 1.82) is 0 Å². The summed E-state index contributed by atoms with van der Waals surface area (Å²) in [6.07, 6.45) is 0. The summed E-state index contributed by atoms with van der Waals surface area (Å²) in [4.78, 5) is 28.0. The Hall–Kier alpha value is -3.48. The Morgan fingerprint density at radius 2 is 1.79 bits per heavy atom. The summed E-state index contributed by atoms with van der Waals surface area (Å²) in [5, 5.41) is 10.2. The van der Waals surface area contributed by atoms with Crippen molar-refractivity contribution >= 4 is 22.6 Å². The zero-order chi connectivity index (χ0) is 20.4. The minimum Gasteiger partial charge on any atom is -0.508 e. The van der Waals surface area contributed by atoms with Crippen LogP contribution in [0.3, 0.4) is 0 Å². The quantitative estimate of drug-likeness (QED) is 0.685. The lowest BCUT2D eigenvalue weighted by Gasteiger charge is -2.36. The molecule has 2 aromatic carbocycles. The molecule has 2 heterocycles. The van der Waals surface area contributed by atoms with Gasteiger partial charge in [-0.25, -0.2) is 4.79 Å². The minimum absolute atomic E-state index is 0.0687. The number of carbonyl (C=O) groups excluding carboxylic acids is 1. The van der Waals surface area contributed by atoms with E-state index in [-0.39, 0.29) is 18.3 Å². The number of anilines is 1. The van der Waals surface area contributed by atoms with E-state index >= 15 is 0 Å². The normalized spacial score (nSPS) is 14.2. The predicted octanol–water partition coefficient (Wildman–Crippen LogP) is 2.53. The van der Waals surface area contributed by atoms with Crippen molar-refractivity contribution in [2.75, 3.05) is 37.7 Å². The number of phenolic OH excluding ortho intramolecular Hbond substituents is 1. The number of rotatable bonds is 4. The summed E-state index contributed by atoms with van der Waals surface area (Å²) in [5.74, 6) is 0.645. The lowest BCUT2D eigenvalue weighted by atomic mass is 10.1. The average Bonchev–Trinajstić information content (AvgIpc) is 2.72. The van der Waals surface area contributed by atoms with Crippen LogP contribution in [-0.2, 0) is 4.79 Å². The second-order valence-electron chi connectivity index (χ2n) is 7.08. The fourth-order valence-electron chi connectivity index (χ4n) is 3.51. The Morgan fingerprint density at radius 3 is 2.52 bits per heavy atom. The minimum atomic E-state index is -0.408. The maximum Gasteiger partial charge on any atom is 0.336 e. The number of carbonyl (C=O) groups is 1. The van der Waals surface area contributed by atoms with E-state index in [2.05, 4.69) is 4.90 Å². The number of ether oxygens (including phenoxy) is 1. The van der Waals surface area contributed by atoms with Gasteiger partial charge in [0, 0.05) is 49.4 Å². The Labute approximate surface area is 167 Å². The Bertz CT molecular complexity index is 1080. The molecule has 1 fully saturated rings. The van der Waals surface area contributed by atoms with Gasteiger partial charge in [0.1, 0.15) is 17.1 Å². The smallest absolute Gasteiger partial charge is 0.336 e. The van der Waals surface area contributed by atoms with Crippen LogP contribution in [-0.4, -0.2) is 48.7 Å². The largest absolute Gasteiger partial charge is 0.508 e. The number of benzene rings is 2. The number of hydrogen-bond donors (Lipinski definition) is 1. The van der Waals surface area contributed by atoms with E-state index in [1.165, 1.54) is 6.07 Å². The monoisotopic (exact) mass is 394 g/mol. The fourth-order valence-corrected chi connectivity index (χ4v) is 3.51. The lowest BCUT2D eigenvalue weighted by Crippen LogP contribution is -2.50. The highest BCUT2D eigenvalue weighted by molar-refractivity contribution is 5.82. The molecule has 0 saturated carbocycles. The topological polar surface area (TPSA) is 83.2 Å². The van der Waals surface area contributed by atoms with Gasteiger partial charge in [0.05, 0.1) is 0 Å². The van der Waals surface area contributed by atoms with Crippen LogP contribution < -0.4 is 15.3 Å². The molecule has 1 aliphatic heterocycles. The van der Waals surface area contributed by atoms with Crippen LogP contribution in [0.4, 0.5) is 5.69 Å². The molecular formula is C22H22N2O5. The van der Waals surface area contributed by atoms with Gasteiger partial charge >= 0.3 is 5.63 Å². The van der Waals surface area contributed by atoms with Gasteiger partial charge in [0.25, 0.3) is 5.91 Å². The molecule has 0 atom stereocenters. The zero-order valence-corrected chi connectivity index (χ0v) is 16.1. The number of aryl methyl sites for hydroxylation is 1. The van der Waals surface area contributed by atoms with E-state index in [0.29, 0.717) is 24.4 Å². The molecule has 1 N–H and O–H groups in total. The van der Waals surface area contributed by atoms with Gasteiger partial charge in [0.2, 0.25) is 0 Å². The first-order valence-corrected chi connectivity index (χ1v) is 9.49. The van der Waals surface area contributed by atoms with E-state index in [4.69, 9.17) is 9.15 Å². The number of piperazine rings is 1. The Morgan fingerprint density at radius 1 is 1.07 bits per heavy atom. The summed E-state index contributed by atoms with van der Waals surface area (Å²) in [6.45, 7) is 4.43. The summed E-state index contributed by atoms with van der Waals surface area (Å²) < 4.78 is 10.9. The van der Waals surface area contributed by atoms with Crippen molar-refractivity contribution in [2.45, 2.75) is 6.92 Å². The second-order valence-corrected chi connectivity index (χ2v) is 7.08. The molecule has 0 radical (unpaired) electrons. The molecule has 0 aliphatic carbocycles. The number of hydrogen-bond acceptors (Lipinski definition) is 6. The van der Waals surface area contributed by atoms with Gasteiger partial charge < -0.3 is 24.1 Å². The van der Waals surface area contributed by atoms with E-state index in [1.54, 1.807) is 29.2 Å². The maximum atomic E-state index is 12.5. The third kappa shape index (κ3) is 4.18. The van der Waals surface area contributed by atoms with Crippen molar-refractivity contribution in [3.05, 3.63) is 64.5 Å². The summed E-state index contributed by atoms with van der Waals surface area (Å²) in [5.41, 5.74) is 1.90. The van der Waals surface area contributed by atoms with Gasteiger partial charge in [-0.1, -0.05) is 0 Å². The lowest BCUT2D eigenvalue weighted by molar-refractivity contribution is -0.133. The first-order chi connectivity index (χ1) is 14.0. The highest BCUT2D eigenvalue weighted by Gasteiger charge is 2.21. The molecular weight excluding hydrogens is 372 g/mol. The Balaban J connectivity index is 1.34. The molecule has 29 heavy (non-hydrogen) atoms. The van der Waals surface area contributed by atoms with Gasteiger partial charge in [0.15, 0.2) is 6.61 Å². The third-order valence-electron chi connectivity index (χ3n) is 5.13. The summed E-state index contributed by atoms with van der Waals surface area (Å²) in [7, 11) is 0. The van der Waals surface area contributed by atoms with Crippen LogP contribution >= 0.6 is 0 Å². The molecule has 1 saturated heterocycles. The Kier molecular flexibility index (Phi) is 5.12. The van der Waals surface area contributed by atoms with E-state index in [1.807, 2.05) is 25.1 Å². The summed E-state index contributed by atoms with van der Waals surface area (Å²) >= 11 is 0. The van der Waals surface area contributed by atoms with Crippen molar-refractivity contribution in [2.24, 2.45) is 0 Å². The van der Waals surface area contributed by atoms with Crippen molar-refractivity contribution in [3.63, 3.8) is 0 Å². The molecule has 4 rings (SSSR count). The van der Waals surface area contributed by atoms with E-state index in [0.717, 1.165) is 29.7 Å². The van der Waals surface area contributed by atoms with Gasteiger partial charge in [-0.05, 0) is 48.9 Å². The standard InChI is InChI=1S/C22H22N2O5/c1-15-12-22(27)29-20-13-18(6-7-19(15)20)28-14-21(26)24-10-8-23(9-11-24)16-2-4-17(25)5-3-16/h2-7,12-13,25H,8-11,14H2,1H3. The van der Waals surface area contributed by atoms with Crippen LogP contribution in [0.15, 0.2) is 57.7 Å². The molecule has 0 spiro atoms. The van der Waals surface area contributed by atoms with Gasteiger partial charge in [-0.3, -0.25) is 4.79 Å². The van der Waals surface area contributed by atoms with E-state index in [9.17, 15) is 14.7 Å². The first kappa shape index (κ1) is 18.9. The van der Waals surface area contributed by atoms with Crippen LogP contribution in [0, 0.1) is 6.92 Å². The van der Waals surface area contributed by atoms with Crippen LogP contribution in [0.5, 0.6) is 11.5 Å². The SMILES string of the molecule is Cc1cc(=O)oc2cc(OCC(=O)N3CCN(c4ccc(O)cc4)CC3)ccc12. The molecule has 0 bridgehead atoms. The first-order valence-electron chi connectivity index (χ1n) is 9.49.